The van der Waals surface area contributed by atoms with Gasteiger partial charge in [-0.1, -0.05) is 0 Å². The quantitative estimate of drug-likeness (QED) is 0.324. The van der Waals surface area contributed by atoms with Gasteiger partial charge in [-0.25, -0.2) is 0 Å². The third-order valence-corrected chi connectivity index (χ3v) is 0. The molecule has 0 rings (SSSR count). The maximum atomic E-state index is 8.55. The van der Waals surface area contributed by atoms with E-state index < -0.39 is 7.82 Å². The summed E-state index contributed by atoms with van der Waals surface area (Å²) in [4.78, 5) is 25.6. The van der Waals surface area contributed by atoms with Gasteiger partial charge in [-0.3, -0.25) is 0 Å². The Hall–Kier alpha value is 7.66. The molecule has 0 radical (unpaired) electrons. The molecule has 0 aliphatic rings. The van der Waals surface area contributed by atoms with Crippen LogP contribution in [0.25, 0.3) is 0 Å². The first kappa shape index (κ1) is 36.1. The molecule has 0 bridgehead atoms. The summed E-state index contributed by atoms with van der Waals surface area (Å²) in [6, 6.07) is 0. The minimum absolute atomic E-state index is 0. The third kappa shape index (κ3) is 57.4. The van der Waals surface area contributed by atoms with Crippen LogP contribution in [-0.4, -0.2) is 0 Å². The van der Waals surface area contributed by atoms with Crippen LogP contribution >= 0.6 is 7.82 Å². The Balaban J connectivity index is -0.00000000800. The molecule has 0 N–H and O–H groups in total. The van der Waals surface area contributed by atoms with Gasteiger partial charge in [-0.2, -0.15) is 7.82 Å². The van der Waals surface area contributed by atoms with E-state index in [9.17, 15) is 0 Å². The zero-order valence-electron chi connectivity index (χ0n) is 7.08. The second kappa shape index (κ2) is 21.9. The van der Waals surface area contributed by atoms with Gasteiger partial charge in [0.15, 0.2) is 0 Å². The zero-order valence-corrected chi connectivity index (χ0v) is 22.5. The molecule has 10 heavy (non-hydrogen) atoms. The molecule has 4 nitrogen and oxygen atoms in total. The van der Waals surface area contributed by atoms with Crippen molar-refractivity contribution >= 4 is 7.82 Å². The molecule has 0 saturated carbocycles. The van der Waals surface area contributed by atoms with Crippen LogP contribution in [0.15, 0.2) is 0 Å². The van der Waals surface area contributed by atoms with Gasteiger partial charge in [0.1, 0.15) is 0 Å². The van der Waals surface area contributed by atoms with E-state index in [2.05, 4.69) is 0 Å². The summed E-state index contributed by atoms with van der Waals surface area (Å²) in [6.45, 7) is 0. The largest absolute Gasteiger partial charge is 1.00 e. The minimum atomic E-state index is -5.39. The van der Waals surface area contributed by atoms with E-state index in [1.165, 1.54) is 0 Å². The molecule has 0 aliphatic carbocycles. The van der Waals surface area contributed by atoms with Gasteiger partial charge in [0.2, 0.25) is 0 Å². The molecule has 0 spiro atoms. The molecule has 0 aliphatic heterocycles. The van der Waals surface area contributed by atoms with Crippen LogP contribution in [0.3, 0.4) is 0 Å². The predicted octanol–water partition coefficient (Wildman–Crippen LogP) is -17.8. The van der Waals surface area contributed by atoms with E-state index in [0.29, 0.717) is 0 Å². The van der Waals surface area contributed by atoms with E-state index in [1.807, 2.05) is 0 Å². The van der Waals surface area contributed by atoms with Crippen molar-refractivity contribution in [1.82, 2.24) is 0 Å². The second-order valence-electron chi connectivity index (χ2n) is 0.447. The molecular formula is K4NaO4P+2. The first-order valence-electron chi connectivity index (χ1n) is 0.730. The maximum Gasteiger partial charge on any atom is 1.00 e. The van der Waals surface area contributed by atoms with Crippen LogP contribution in [-0.2, 0) is 4.57 Å². The van der Waals surface area contributed by atoms with Gasteiger partial charge < -0.3 is 19.2 Å². The molecule has 0 amide bonds. The van der Waals surface area contributed by atoms with Crippen molar-refractivity contribution in [3.8, 4) is 0 Å². The average Bonchev–Trinajstić information content (AvgIpc) is 0.722. The summed E-state index contributed by atoms with van der Waals surface area (Å²) >= 11 is 0. The van der Waals surface area contributed by atoms with Crippen LogP contribution in [0.1, 0.15) is 0 Å². The van der Waals surface area contributed by atoms with Crippen LogP contribution in [0.5, 0.6) is 0 Å². The van der Waals surface area contributed by atoms with Crippen LogP contribution in [0, 0.1) is 0 Å². The predicted molar refractivity (Wildman–Crippen MR) is 7.61 cm³/mol. The van der Waals surface area contributed by atoms with Gasteiger partial charge in [0.05, 0.1) is 0 Å². The molecule has 0 heterocycles. The van der Waals surface area contributed by atoms with Crippen molar-refractivity contribution in [3.05, 3.63) is 0 Å². The van der Waals surface area contributed by atoms with Crippen LogP contribution in [0.2, 0.25) is 0 Å². The molecule has 0 atom stereocenters. The molecule has 0 fully saturated rings. The summed E-state index contributed by atoms with van der Waals surface area (Å²) < 4.78 is 8.55. The van der Waals surface area contributed by atoms with Crippen LogP contribution in [0.4, 0.5) is 0 Å². The summed E-state index contributed by atoms with van der Waals surface area (Å²) in [5.41, 5.74) is 0. The number of rotatable bonds is 0. The van der Waals surface area contributed by atoms with E-state index in [0.717, 1.165) is 0 Å². The number of phosphoric acid groups is 1. The Morgan fingerprint density at radius 3 is 0.800 bits per heavy atom. The Labute approximate surface area is 252 Å². The molecular weight excluding hydrogens is 274 g/mol. The fraction of sp³-hybridized carbons (Fsp3) is 0. The summed E-state index contributed by atoms with van der Waals surface area (Å²) in [7, 11) is -5.39. The molecule has 0 saturated heterocycles. The van der Waals surface area contributed by atoms with Gasteiger partial charge >= 0.3 is 235 Å². The molecule has 0 unspecified atom stereocenters. The Morgan fingerprint density at radius 1 is 0.800 bits per heavy atom. The van der Waals surface area contributed by atoms with Gasteiger partial charge in [0, 0.05) is 0 Å². The average molecular weight is 274 g/mol. The molecule has 32 valence electrons. The first-order valence-corrected chi connectivity index (χ1v) is 2.19. The Bertz CT molecular complexity index is 63.4. The number of hydrogen-bond acceptors (Lipinski definition) is 4. The monoisotopic (exact) mass is 274 g/mol. The normalized spacial score (nSPS) is 5.90. The van der Waals surface area contributed by atoms with Gasteiger partial charge in [-0.05, 0) is 0 Å². The zero-order chi connectivity index (χ0) is 4.50. The topological polar surface area (TPSA) is 86.2 Å². The van der Waals surface area contributed by atoms with Crippen molar-refractivity contribution in [1.29, 1.82) is 0 Å². The minimum Gasteiger partial charge on any atom is -0.822 e. The summed E-state index contributed by atoms with van der Waals surface area (Å²) in [6.07, 6.45) is 0. The van der Waals surface area contributed by atoms with Gasteiger partial charge in [0.25, 0.3) is 0 Å². The molecule has 10 heteroatoms. The van der Waals surface area contributed by atoms with E-state index in [4.69, 9.17) is 19.2 Å². The van der Waals surface area contributed by atoms with Crippen molar-refractivity contribution < 1.29 is 254 Å². The SMILES string of the molecule is O=P([O-])([O-])[O-].[K+].[K+].[K+].[K+].[Na+]. The van der Waals surface area contributed by atoms with E-state index >= 15 is 0 Å². The second-order valence-corrected chi connectivity index (χ2v) is 1.34. The molecule has 0 aromatic rings. The smallest absolute Gasteiger partial charge is 0.822 e. The van der Waals surface area contributed by atoms with E-state index in [1.54, 1.807) is 0 Å². The van der Waals surface area contributed by atoms with Gasteiger partial charge in [-0.15, -0.1) is 0 Å². The first-order chi connectivity index (χ1) is 2.00. The Kier molecular flexibility index (Phi) is 78.9. The molecule has 0 aromatic heterocycles. The van der Waals surface area contributed by atoms with Crippen LogP contribution < -0.4 is 250 Å². The van der Waals surface area contributed by atoms with Crippen molar-refractivity contribution in [2.45, 2.75) is 0 Å². The van der Waals surface area contributed by atoms with Crippen molar-refractivity contribution in [2.75, 3.05) is 0 Å². The molecule has 0 aromatic carbocycles. The number of hydrogen-bond donors (Lipinski definition) is 0. The maximum absolute atomic E-state index is 8.55. The standard InChI is InChI=1S/4K.Na.H3O4P/c;;;;;1-5(2,3)4/h;;;;;(H3,1,2,3,4)/q5*+1;/p-3. The Morgan fingerprint density at radius 2 is 0.800 bits per heavy atom. The third-order valence-electron chi connectivity index (χ3n) is 0. The van der Waals surface area contributed by atoms with Crippen molar-refractivity contribution in [3.63, 3.8) is 0 Å². The fourth-order valence-electron chi connectivity index (χ4n) is 0. The summed E-state index contributed by atoms with van der Waals surface area (Å²) in [5, 5.41) is 0. The fourth-order valence-corrected chi connectivity index (χ4v) is 0. The van der Waals surface area contributed by atoms with E-state index in [-0.39, 0.29) is 235 Å². The summed E-state index contributed by atoms with van der Waals surface area (Å²) in [5.74, 6) is 0. The van der Waals surface area contributed by atoms with Crippen molar-refractivity contribution in [2.24, 2.45) is 0 Å².